The van der Waals surface area contributed by atoms with Gasteiger partial charge in [-0.2, -0.15) is 0 Å². The van der Waals surface area contributed by atoms with Crippen LogP contribution in [0, 0.1) is 56.2 Å². The number of fused-ring (bicyclic) bond motifs is 7. The molecule has 0 spiro atoms. The van der Waals surface area contributed by atoms with E-state index < -0.39 is 5.41 Å². The van der Waals surface area contributed by atoms with Crippen LogP contribution in [0.1, 0.15) is 104 Å². The molecule has 10 atom stereocenters. The molecule has 0 aromatic heterocycles. The zero-order valence-corrected chi connectivity index (χ0v) is 26.6. The molecular formula is C35H50N4O4. The van der Waals surface area contributed by atoms with Crippen LogP contribution < -0.4 is 0 Å². The molecule has 234 valence electrons. The molecule has 8 heteroatoms. The Bertz CT molecular complexity index is 1290. The van der Waals surface area contributed by atoms with Crippen LogP contribution in [-0.2, 0) is 20.9 Å². The van der Waals surface area contributed by atoms with E-state index in [9.17, 15) is 15.4 Å². The highest BCUT2D eigenvalue weighted by molar-refractivity contribution is 5.78. The Labute approximate surface area is 256 Å². The van der Waals surface area contributed by atoms with E-state index >= 15 is 0 Å². The number of nitrogens with zero attached hydrogens (tertiary/aromatic N) is 3. The van der Waals surface area contributed by atoms with Crippen molar-refractivity contribution in [3.63, 3.8) is 0 Å². The first-order valence-corrected chi connectivity index (χ1v) is 16.3. The number of carbonyl (C=O) groups is 1. The third-order valence-corrected chi connectivity index (χ3v) is 14.2. The third kappa shape index (κ3) is 4.67. The molecule has 0 amide bonds. The van der Waals surface area contributed by atoms with Crippen LogP contribution in [0.25, 0.3) is 10.4 Å². The predicted molar refractivity (Wildman–Crippen MR) is 164 cm³/mol. The van der Waals surface area contributed by atoms with Crippen molar-refractivity contribution in [3.05, 3.63) is 46.3 Å². The predicted octanol–water partition coefficient (Wildman–Crippen LogP) is 8.14. The summed E-state index contributed by atoms with van der Waals surface area (Å²) in [6.07, 6.45) is 10.5. The van der Waals surface area contributed by atoms with Gasteiger partial charge in [0, 0.05) is 11.0 Å². The first kappa shape index (κ1) is 31.8. The van der Waals surface area contributed by atoms with E-state index in [2.05, 4.69) is 44.6 Å². The molecular weight excluding hydrogens is 540 g/mol. The molecule has 5 aliphatic rings. The number of azide groups is 1. The second-order valence-corrected chi connectivity index (χ2v) is 15.7. The van der Waals surface area contributed by atoms with Crippen LogP contribution in [-0.4, -0.2) is 29.3 Å². The molecule has 2 N–H and O–H groups in total. The Morgan fingerprint density at radius 2 is 1.67 bits per heavy atom. The first-order chi connectivity index (χ1) is 20.4. The van der Waals surface area contributed by atoms with Gasteiger partial charge in [0.25, 0.3) is 0 Å². The van der Waals surface area contributed by atoms with Crippen LogP contribution in [0.4, 0.5) is 0 Å². The van der Waals surface area contributed by atoms with Crippen LogP contribution in [0.2, 0.25) is 0 Å². The minimum atomic E-state index is -0.556. The Morgan fingerprint density at radius 1 is 0.977 bits per heavy atom. The summed E-state index contributed by atoms with van der Waals surface area (Å²) in [5.41, 5.74) is 10.4. The number of rotatable bonds is 4. The average molecular weight is 591 g/mol. The maximum absolute atomic E-state index is 14.0. The summed E-state index contributed by atoms with van der Waals surface area (Å²) in [6.45, 7) is 12.5. The minimum absolute atomic E-state index is 0.0401. The molecule has 5 saturated carbocycles. The normalized spacial score (nSPS) is 44.0. The van der Waals surface area contributed by atoms with Gasteiger partial charge in [0.15, 0.2) is 0 Å². The highest BCUT2D eigenvalue weighted by Gasteiger charge is 2.72. The molecule has 0 aliphatic heterocycles. The summed E-state index contributed by atoms with van der Waals surface area (Å²) in [5.74, 6) is 1.43. The smallest absolute Gasteiger partial charge is 0.312 e. The van der Waals surface area contributed by atoms with Crippen molar-refractivity contribution >= 4 is 12.0 Å². The van der Waals surface area contributed by atoms with Gasteiger partial charge in [0.1, 0.15) is 6.61 Å². The summed E-state index contributed by atoms with van der Waals surface area (Å²) in [7, 11) is 0. The lowest BCUT2D eigenvalue weighted by molar-refractivity contribution is -0.247. The van der Waals surface area contributed by atoms with Crippen molar-refractivity contribution in [3.8, 4) is 0 Å². The fourth-order valence-corrected chi connectivity index (χ4v) is 12.0. The van der Waals surface area contributed by atoms with Gasteiger partial charge in [-0.1, -0.05) is 70.1 Å². The monoisotopic (exact) mass is 590 g/mol. The summed E-state index contributed by atoms with van der Waals surface area (Å²) in [4.78, 5) is 25.7. The number of nitrogens with one attached hydrogen (secondary N) is 1. The van der Waals surface area contributed by atoms with Crippen molar-refractivity contribution in [1.29, 1.82) is 5.41 Å². The number of isocyanates is 1. The highest BCUT2D eigenvalue weighted by atomic mass is 16.5. The number of hydrogen-bond acceptors (Lipinski definition) is 6. The minimum Gasteiger partial charge on any atom is -0.460 e. The first-order valence-electron chi connectivity index (χ1n) is 16.3. The van der Waals surface area contributed by atoms with E-state index in [1.807, 2.05) is 30.3 Å². The highest BCUT2D eigenvalue weighted by Crippen LogP contribution is 2.77. The van der Waals surface area contributed by atoms with Crippen molar-refractivity contribution in [2.24, 2.45) is 55.9 Å². The van der Waals surface area contributed by atoms with Gasteiger partial charge in [-0.05, 0) is 121 Å². The van der Waals surface area contributed by atoms with Crippen molar-refractivity contribution in [2.75, 3.05) is 0 Å². The van der Waals surface area contributed by atoms with E-state index in [-0.39, 0.29) is 45.7 Å². The van der Waals surface area contributed by atoms with Crippen molar-refractivity contribution in [1.82, 2.24) is 0 Å². The molecule has 5 aliphatic carbocycles. The molecule has 6 rings (SSSR count). The van der Waals surface area contributed by atoms with E-state index in [1.54, 1.807) is 0 Å². The molecule has 0 bridgehead atoms. The molecule has 0 heterocycles. The van der Waals surface area contributed by atoms with Crippen LogP contribution >= 0.6 is 0 Å². The summed E-state index contributed by atoms with van der Waals surface area (Å²) in [5, 5.41) is 20.7. The summed E-state index contributed by atoms with van der Waals surface area (Å²) >= 11 is 0. The van der Waals surface area contributed by atoms with Gasteiger partial charge >= 0.3 is 5.97 Å². The van der Waals surface area contributed by atoms with Gasteiger partial charge in [-0.15, -0.1) is 0 Å². The zero-order valence-electron chi connectivity index (χ0n) is 26.6. The van der Waals surface area contributed by atoms with E-state index in [1.165, 1.54) is 6.42 Å². The molecule has 0 saturated heterocycles. The summed E-state index contributed by atoms with van der Waals surface area (Å²) < 4.78 is 6.07. The number of hydrogen-bond donors (Lipinski definition) is 2. The third-order valence-electron chi connectivity index (χ3n) is 14.2. The number of esters is 1. The van der Waals surface area contributed by atoms with Gasteiger partial charge < -0.3 is 9.84 Å². The van der Waals surface area contributed by atoms with E-state index in [0.717, 1.165) is 69.4 Å². The Morgan fingerprint density at radius 3 is 2.35 bits per heavy atom. The lowest BCUT2D eigenvalue weighted by Gasteiger charge is -2.72. The largest absolute Gasteiger partial charge is 0.460 e. The molecule has 1 aromatic rings. The molecule has 43 heavy (non-hydrogen) atoms. The number of aliphatic hydroxyl groups is 1. The van der Waals surface area contributed by atoms with E-state index in [4.69, 9.17) is 14.9 Å². The van der Waals surface area contributed by atoms with Gasteiger partial charge in [-0.3, -0.25) is 4.79 Å². The second kappa shape index (κ2) is 11.4. The molecule has 0 radical (unpaired) electrons. The second-order valence-electron chi connectivity index (χ2n) is 15.7. The lowest BCUT2D eigenvalue weighted by Crippen LogP contribution is -2.67. The fourth-order valence-electron chi connectivity index (χ4n) is 12.0. The van der Waals surface area contributed by atoms with E-state index in [0.29, 0.717) is 24.4 Å². The zero-order chi connectivity index (χ0) is 31.3. The SMILES string of the molecule is CC1(C)[C@@H](O)CC[C@]2(C)[C@H]3CC[C@@H]4[C@H]5[C@H](N=[N+]=[N-])CC[C@]5(C(=O)OCc5ccccc5)CC[C@@]4(C)[C@]3(C)CC[C@@H]12.N=C=O. The van der Waals surface area contributed by atoms with Gasteiger partial charge in [-0.25, -0.2) is 10.2 Å². The van der Waals surface area contributed by atoms with Crippen LogP contribution in [0.3, 0.4) is 0 Å². The number of ether oxygens (including phenoxy) is 1. The Kier molecular flexibility index (Phi) is 8.39. The summed E-state index contributed by atoms with van der Waals surface area (Å²) in [6, 6.07) is 9.79. The fraction of sp³-hybridized carbons (Fsp3) is 0.771. The lowest BCUT2D eigenvalue weighted by atomic mass is 9.32. The molecule has 1 aromatic carbocycles. The van der Waals surface area contributed by atoms with Crippen molar-refractivity contribution in [2.45, 2.75) is 118 Å². The maximum atomic E-state index is 14.0. The average Bonchev–Trinajstić information content (AvgIpc) is 3.35. The number of aliphatic hydroxyl groups excluding tert-OH is 1. The topological polar surface area (TPSA) is 136 Å². The van der Waals surface area contributed by atoms with Gasteiger partial charge in [0.05, 0.1) is 11.5 Å². The standard InChI is InChI=1S/C34H49N3O3.CHNO/c1-30(2)25-14-17-33(5)26(31(25,3)16-15-27(30)38)12-11-23-28-24(36-37-35)13-18-34(28,20-19-32(23,33)4)29(39)40-21-22-9-7-6-8-10-22;2-1-3/h6-10,23-28,38H,11-21H2,1-5H3;2H/t23-,24-,25+,26-,27+,28+,31+,32-,33-,34+;/m1./s1. The van der Waals surface area contributed by atoms with Crippen LogP contribution in [0.5, 0.6) is 0 Å². The van der Waals surface area contributed by atoms with Crippen LogP contribution in [0.15, 0.2) is 35.4 Å². The molecule has 8 nitrogen and oxygen atoms in total. The van der Waals surface area contributed by atoms with Crippen molar-refractivity contribution < 1.29 is 19.4 Å². The number of carbonyl (C=O) groups excluding carboxylic acids is 2. The Balaban J connectivity index is 0.00000118. The molecule has 0 unspecified atom stereocenters. The number of benzene rings is 1. The Hall–Kier alpha value is -2.66. The van der Waals surface area contributed by atoms with Gasteiger partial charge in [0.2, 0.25) is 6.08 Å². The quantitative estimate of drug-likeness (QED) is 0.0913. The maximum Gasteiger partial charge on any atom is 0.312 e. The molecule has 5 fully saturated rings.